The first-order valence-corrected chi connectivity index (χ1v) is 13.5. The lowest BCUT2D eigenvalue weighted by molar-refractivity contribution is -0.0489. The average molecular weight is 605 g/mol. The maximum atomic E-state index is 14.6. The van der Waals surface area contributed by atoms with Crippen LogP contribution in [0.3, 0.4) is 0 Å². The minimum Gasteiger partial charge on any atom is -0.492 e. The highest BCUT2D eigenvalue weighted by atomic mass is 35.5. The van der Waals surface area contributed by atoms with Gasteiger partial charge in [0.2, 0.25) is 5.88 Å². The van der Waals surface area contributed by atoms with Gasteiger partial charge in [-0.15, -0.1) is 0 Å². The molecule has 3 heterocycles. The van der Waals surface area contributed by atoms with Gasteiger partial charge in [-0.1, -0.05) is 23.7 Å². The Morgan fingerprint density at radius 1 is 1.17 bits per heavy atom. The van der Waals surface area contributed by atoms with E-state index in [-0.39, 0.29) is 40.1 Å². The van der Waals surface area contributed by atoms with Crippen LogP contribution in [-0.2, 0) is 20.2 Å². The fourth-order valence-corrected chi connectivity index (χ4v) is 5.33. The molecular formula is C29H28ClF3N4O5. The number of piperidine rings is 1. The molecule has 0 saturated carbocycles. The number of aryl methyl sites for hydroxylation is 1. The van der Waals surface area contributed by atoms with E-state index in [0.717, 1.165) is 37.7 Å². The standard InChI is InChI=1S/C29H28ClF3N4O5/c1-36-21-12-18(28(38)39)13-22(42-29(32)33)26(21)35-23(36)14-37-10-8-16(9-11-37)20-4-3-5-24(34-20)41-15-17-6-7-19(30)27(40-2)25(17)31/h3-7,12-13,16,29H,8-11,14-15H2,1-2H3,(H,38,39). The van der Waals surface area contributed by atoms with Gasteiger partial charge in [0.25, 0.3) is 0 Å². The third kappa shape index (κ3) is 6.24. The van der Waals surface area contributed by atoms with E-state index in [1.807, 2.05) is 12.1 Å². The maximum Gasteiger partial charge on any atom is 0.387 e. The Bertz CT molecular complexity index is 1610. The van der Waals surface area contributed by atoms with Crippen LogP contribution in [0.15, 0.2) is 42.5 Å². The van der Waals surface area contributed by atoms with Crippen LogP contribution in [0.5, 0.6) is 17.4 Å². The largest absolute Gasteiger partial charge is 0.492 e. The molecule has 5 rings (SSSR count). The lowest BCUT2D eigenvalue weighted by Crippen LogP contribution is -2.33. The quantitative estimate of drug-likeness (QED) is 0.234. The number of ether oxygens (including phenoxy) is 3. The molecule has 0 spiro atoms. The van der Waals surface area contributed by atoms with Gasteiger partial charge in [-0.25, -0.2) is 19.2 Å². The molecule has 0 unspecified atom stereocenters. The Hall–Kier alpha value is -4.03. The monoisotopic (exact) mass is 604 g/mol. The molecule has 13 heteroatoms. The molecule has 222 valence electrons. The van der Waals surface area contributed by atoms with Crippen LogP contribution in [0.2, 0.25) is 5.02 Å². The normalized spacial score (nSPS) is 14.5. The van der Waals surface area contributed by atoms with Crippen molar-refractivity contribution >= 4 is 28.6 Å². The SMILES string of the molecule is COc1c(Cl)ccc(COc2cccc(C3CCN(Cc4nc5c(OC(F)F)cc(C(=O)O)cc5n4C)CC3)n2)c1F. The summed E-state index contributed by atoms with van der Waals surface area (Å²) in [5.41, 5.74) is 1.59. The first-order valence-electron chi connectivity index (χ1n) is 13.1. The number of benzene rings is 2. The maximum absolute atomic E-state index is 14.6. The molecule has 4 aromatic rings. The average Bonchev–Trinajstić information content (AvgIpc) is 3.28. The highest BCUT2D eigenvalue weighted by Crippen LogP contribution is 2.33. The number of carboxylic acids is 1. The molecule has 42 heavy (non-hydrogen) atoms. The Morgan fingerprint density at radius 3 is 2.62 bits per heavy atom. The molecular weight excluding hydrogens is 577 g/mol. The van der Waals surface area contributed by atoms with Gasteiger partial charge in [-0.3, -0.25) is 4.90 Å². The van der Waals surface area contributed by atoms with Crippen LogP contribution in [0, 0.1) is 5.82 Å². The van der Waals surface area contributed by atoms with Gasteiger partial charge in [0.05, 0.1) is 29.8 Å². The lowest BCUT2D eigenvalue weighted by Gasteiger charge is -2.31. The number of alkyl halides is 2. The number of carbonyl (C=O) groups is 1. The molecule has 1 aliphatic heterocycles. The zero-order valence-corrected chi connectivity index (χ0v) is 23.6. The number of likely N-dealkylation sites (tertiary alicyclic amines) is 1. The van der Waals surface area contributed by atoms with E-state index in [1.165, 1.54) is 13.2 Å². The third-order valence-corrected chi connectivity index (χ3v) is 7.63. The predicted octanol–water partition coefficient (Wildman–Crippen LogP) is 6.03. The van der Waals surface area contributed by atoms with Gasteiger partial charge in [0.1, 0.15) is 17.9 Å². The molecule has 1 aliphatic rings. The van der Waals surface area contributed by atoms with Crippen molar-refractivity contribution in [3.05, 3.63) is 75.9 Å². The van der Waals surface area contributed by atoms with Crippen molar-refractivity contribution in [3.8, 4) is 17.4 Å². The van der Waals surface area contributed by atoms with Crippen molar-refractivity contribution in [2.75, 3.05) is 20.2 Å². The minimum atomic E-state index is -3.11. The molecule has 0 atom stereocenters. The summed E-state index contributed by atoms with van der Waals surface area (Å²) < 4.78 is 57.7. The second-order valence-corrected chi connectivity index (χ2v) is 10.3. The zero-order valence-electron chi connectivity index (χ0n) is 22.8. The molecule has 9 nitrogen and oxygen atoms in total. The second kappa shape index (κ2) is 12.5. The molecule has 1 N–H and O–H groups in total. The minimum absolute atomic E-state index is 0.0307. The van der Waals surface area contributed by atoms with Crippen LogP contribution in [0.25, 0.3) is 11.0 Å². The number of hydrogen-bond donors (Lipinski definition) is 1. The van der Waals surface area contributed by atoms with Crippen LogP contribution >= 0.6 is 11.6 Å². The predicted molar refractivity (Wildman–Crippen MR) is 148 cm³/mol. The van der Waals surface area contributed by atoms with E-state index in [9.17, 15) is 23.1 Å². The van der Waals surface area contributed by atoms with Crippen molar-refractivity contribution in [1.29, 1.82) is 0 Å². The number of carboxylic acid groups (broad SMARTS) is 1. The number of aromatic carboxylic acids is 1. The molecule has 0 radical (unpaired) electrons. The highest BCUT2D eigenvalue weighted by Gasteiger charge is 2.25. The number of rotatable bonds is 10. The second-order valence-electron chi connectivity index (χ2n) is 9.91. The Morgan fingerprint density at radius 2 is 1.93 bits per heavy atom. The van der Waals surface area contributed by atoms with Gasteiger partial charge in [-0.2, -0.15) is 8.78 Å². The highest BCUT2D eigenvalue weighted by molar-refractivity contribution is 6.32. The fourth-order valence-electron chi connectivity index (χ4n) is 5.10. The number of hydrogen-bond acceptors (Lipinski definition) is 7. The first-order chi connectivity index (χ1) is 20.1. The van der Waals surface area contributed by atoms with Crippen LogP contribution in [0.4, 0.5) is 13.2 Å². The lowest BCUT2D eigenvalue weighted by atomic mass is 9.93. The van der Waals surface area contributed by atoms with Gasteiger partial charge in [0, 0.05) is 30.3 Å². The summed E-state index contributed by atoms with van der Waals surface area (Å²) >= 11 is 5.97. The third-order valence-electron chi connectivity index (χ3n) is 7.33. The number of fused-ring (bicyclic) bond motifs is 1. The summed E-state index contributed by atoms with van der Waals surface area (Å²) in [5.74, 6) is -0.962. The Balaban J connectivity index is 1.24. The smallest absolute Gasteiger partial charge is 0.387 e. The number of imidazole rings is 1. The molecule has 0 bridgehead atoms. The topological polar surface area (TPSA) is 98.9 Å². The summed E-state index contributed by atoms with van der Waals surface area (Å²) in [6, 6.07) is 11.1. The molecule has 1 fully saturated rings. The van der Waals surface area contributed by atoms with Crippen molar-refractivity contribution in [3.63, 3.8) is 0 Å². The van der Waals surface area contributed by atoms with E-state index in [0.29, 0.717) is 29.3 Å². The van der Waals surface area contributed by atoms with Crippen molar-refractivity contribution in [2.45, 2.75) is 38.5 Å². The van der Waals surface area contributed by atoms with Gasteiger partial charge in [0.15, 0.2) is 17.3 Å². The van der Waals surface area contributed by atoms with E-state index in [2.05, 4.69) is 19.6 Å². The molecule has 1 saturated heterocycles. The summed E-state index contributed by atoms with van der Waals surface area (Å²) in [7, 11) is 3.07. The molecule has 0 amide bonds. The number of aromatic nitrogens is 3. The molecule has 2 aromatic heterocycles. The molecule has 0 aliphatic carbocycles. The van der Waals surface area contributed by atoms with Gasteiger partial charge < -0.3 is 23.9 Å². The summed E-state index contributed by atoms with van der Waals surface area (Å²) in [6.07, 6.45) is 1.62. The zero-order chi connectivity index (χ0) is 30.0. The van der Waals surface area contributed by atoms with Crippen LogP contribution in [0.1, 0.15) is 46.2 Å². The molecule has 2 aromatic carbocycles. The van der Waals surface area contributed by atoms with E-state index in [4.69, 9.17) is 21.1 Å². The number of halogens is 4. The fraction of sp³-hybridized carbons (Fsp3) is 0.345. The van der Waals surface area contributed by atoms with E-state index < -0.39 is 18.4 Å². The Labute approximate surface area is 244 Å². The Kier molecular flexibility index (Phi) is 8.74. The van der Waals surface area contributed by atoms with Crippen LogP contribution < -0.4 is 14.2 Å². The van der Waals surface area contributed by atoms with Crippen molar-refractivity contribution < 1.29 is 37.3 Å². The van der Waals surface area contributed by atoms with Gasteiger partial charge >= 0.3 is 12.6 Å². The van der Waals surface area contributed by atoms with Crippen molar-refractivity contribution in [1.82, 2.24) is 19.4 Å². The summed E-state index contributed by atoms with van der Waals surface area (Å²) in [5, 5.41) is 9.58. The number of nitrogens with zero attached hydrogens (tertiary/aromatic N) is 4. The van der Waals surface area contributed by atoms with E-state index in [1.54, 1.807) is 29.8 Å². The summed E-state index contributed by atoms with van der Waals surface area (Å²) in [4.78, 5) is 22.9. The van der Waals surface area contributed by atoms with Crippen molar-refractivity contribution in [2.24, 2.45) is 7.05 Å². The summed E-state index contributed by atoms with van der Waals surface area (Å²) in [6.45, 7) is -1.24. The van der Waals surface area contributed by atoms with Crippen LogP contribution in [-0.4, -0.2) is 57.3 Å². The van der Waals surface area contributed by atoms with Gasteiger partial charge in [-0.05, 0) is 50.2 Å². The van der Waals surface area contributed by atoms with E-state index >= 15 is 0 Å². The number of pyridine rings is 1. The number of methoxy groups -OCH3 is 1. The first kappa shape index (κ1) is 29.5.